The van der Waals surface area contributed by atoms with Gasteiger partial charge in [-0.3, -0.25) is 4.79 Å². The average molecular weight is 373 g/mol. The van der Waals surface area contributed by atoms with Gasteiger partial charge < -0.3 is 5.32 Å². The molecule has 92 valence electrons. The fraction of sp³-hybridized carbons (Fsp3) is 0.0769. The van der Waals surface area contributed by atoms with Gasteiger partial charge >= 0.3 is 0 Å². The minimum atomic E-state index is -0.154. The molecule has 0 saturated carbocycles. The molecule has 0 radical (unpaired) electrons. The first-order chi connectivity index (χ1) is 8.56. The number of hydrogen-bond donors (Lipinski definition) is 1. The van der Waals surface area contributed by atoms with E-state index in [9.17, 15) is 4.79 Å². The highest BCUT2D eigenvalue weighted by atomic mass is 127. The Balaban J connectivity index is 2.18. The minimum absolute atomic E-state index is 0.154. The molecule has 0 spiro atoms. The van der Waals surface area contributed by atoms with Crippen LogP contribution in [-0.2, 0) is 0 Å². The van der Waals surface area contributed by atoms with E-state index in [1.54, 1.807) is 31.2 Å². The van der Waals surface area contributed by atoms with Crippen LogP contribution in [0.15, 0.2) is 36.4 Å². The highest BCUT2D eigenvalue weighted by molar-refractivity contribution is 14.1. The molecule has 5 heteroatoms. The summed E-state index contributed by atoms with van der Waals surface area (Å²) in [7, 11) is 0. The van der Waals surface area contributed by atoms with E-state index in [0.29, 0.717) is 22.1 Å². The van der Waals surface area contributed by atoms with Gasteiger partial charge in [-0.05, 0) is 65.9 Å². The quantitative estimate of drug-likeness (QED) is 0.642. The number of rotatable bonds is 2. The second-order valence-corrected chi connectivity index (χ2v) is 5.36. The molecule has 3 nitrogen and oxygen atoms in total. The van der Waals surface area contributed by atoms with E-state index in [-0.39, 0.29) is 5.91 Å². The van der Waals surface area contributed by atoms with Crippen LogP contribution >= 0.6 is 34.2 Å². The lowest BCUT2D eigenvalue weighted by Crippen LogP contribution is -2.13. The van der Waals surface area contributed by atoms with Crippen molar-refractivity contribution in [3.05, 3.63) is 56.4 Å². The van der Waals surface area contributed by atoms with Crippen LogP contribution in [0.1, 0.15) is 16.1 Å². The summed E-state index contributed by atoms with van der Waals surface area (Å²) in [6.07, 6.45) is 0. The van der Waals surface area contributed by atoms with E-state index in [4.69, 9.17) is 11.6 Å². The third-order valence-corrected chi connectivity index (χ3v) is 3.34. The fourth-order valence-corrected chi connectivity index (χ4v) is 2.01. The molecule has 0 unspecified atom stereocenters. The molecule has 1 heterocycles. The van der Waals surface area contributed by atoms with Crippen molar-refractivity contribution in [2.24, 2.45) is 0 Å². The van der Waals surface area contributed by atoms with Crippen molar-refractivity contribution < 1.29 is 4.79 Å². The summed E-state index contributed by atoms with van der Waals surface area (Å²) >= 11 is 7.96. The van der Waals surface area contributed by atoms with E-state index in [1.165, 1.54) is 0 Å². The van der Waals surface area contributed by atoms with Crippen LogP contribution < -0.4 is 5.32 Å². The first-order valence-electron chi connectivity index (χ1n) is 5.26. The second kappa shape index (κ2) is 5.67. The summed E-state index contributed by atoms with van der Waals surface area (Å²) in [5, 5.41) is 3.23. The first kappa shape index (κ1) is 13.3. The third kappa shape index (κ3) is 3.20. The van der Waals surface area contributed by atoms with Gasteiger partial charge in [0.1, 0.15) is 5.15 Å². The van der Waals surface area contributed by atoms with Crippen LogP contribution in [0.3, 0.4) is 0 Å². The number of hydrogen-bond acceptors (Lipinski definition) is 2. The number of carbonyl (C=O) groups excluding carboxylic acids is 1. The van der Waals surface area contributed by atoms with Crippen LogP contribution in [0.4, 0.5) is 5.69 Å². The van der Waals surface area contributed by atoms with Gasteiger partial charge in [-0.15, -0.1) is 0 Å². The number of anilines is 1. The molecule has 0 atom stereocenters. The Morgan fingerprint density at radius 1 is 1.22 bits per heavy atom. The van der Waals surface area contributed by atoms with Crippen LogP contribution in [-0.4, -0.2) is 10.9 Å². The lowest BCUT2D eigenvalue weighted by atomic mass is 10.2. The standard InChI is InChI=1S/C13H10ClIN2O/c1-8-11(6-7-12(14)16-8)17-13(18)9-2-4-10(15)5-3-9/h2-7H,1H3,(H,17,18). The van der Waals surface area contributed by atoms with Crippen LogP contribution in [0.25, 0.3) is 0 Å². The van der Waals surface area contributed by atoms with Crippen molar-refractivity contribution >= 4 is 45.8 Å². The van der Waals surface area contributed by atoms with E-state index in [0.717, 1.165) is 3.57 Å². The molecule has 1 amide bonds. The molecule has 0 bridgehead atoms. The minimum Gasteiger partial charge on any atom is -0.320 e. The predicted octanol–water partition coefficient (Wildman–Crippen LogP) is 3.90. The van der Waals surface area contributed by atoms with Crippen molar-refractivity contribution in [3.63, 3.8) is 0 Å². The van der Waals surface area contributed by atoms with Gasteiger partial charge in [0, 0.05) is 9.13 Å². The highest BCUT2D eigenvalue weighted by Gasteiger charge is 2.08. The van der Waals surface area contributed by atoms with Gasteiger partial charge in [-0.1, -0.05) is 11.6 Å². The lowest BCUT2D eigenvalue weighted by Gasteiger charge is -2.08. The molecule has 0 aliphatic carbocycles. The molecule has 0 saturated heterocycles. The Bertz CT molecular complexity index is 584. The Hall–Kier alpha value is -1.14. The smallest absolute Gasteiger partial charge is 0.255 e. The summed E-state index contributed by atoms with van der Waals surface area (Å²) in [5.74, 6) is -0.154. The molecule has 0 fully saturated rings. The fourth-order valence-electron chi connectivity index (χ4n) is 1.46. The zero-order valence-electron chi connectivity index (χ0n) is 9.58. The van der Waals surface area contributed by atoms with Gasteiger partial charge in [0.15, 0.2) is 0 Å². The van der Waals surface area contributed by atoms with Gasteiger partial charge in [-0.2, -0.15) is 0 Å². The summed E-state index contributed by atoms with van der Waals surface area (Å²) in [6.45, 7) is 1.80. The van der Waals surface area contributed by atoms with Crippen LogP contribution in [0.2, 0.25) is 5.15 Å². The van der Waals surface area contributed by atoms with Gasteiger partial charge in [0.2, 0.25) is 0 Å². The normalized spacial score (nSPS) is 10.2. The number of pyridine rings is 1. The monoisotopic (exact) mass is 372 g/mol. The predicted molar refractivity (Wildman–Crippen MR) is 81.1 cm³/mol. The molecule has 2 aromatic rings. The maximum Gasteiger partial charge on any atom is 0.255 e. The Morgan fingerprint density at radius 2 is 1.89 bits per heavy atom. The zero-order chi connectivity index (χ0) is 13.1. The average Bonchev–Trinajstić information content (AvgIpc) is 2.33. The maximum absolute atomic E-state index is 12.0. The van der Waals surface area contributed by atoms with Crippen LogP contribution in [0.5, 0.6) is 0 Å². The first-order valence-corrected chi connectivity index (χ1v) is 6.72. The van der Waals surface area contributed by atoms with E-state index in [2.05, 4.69) is 32.9 Å². The highest BCUT2D eigenvalue weighted by Crippen LogP contribution is 2.17. The summed E-state index contributed by atoms with van der Waals surface area (Å²) in [5.41, 5.74) is 1.98. The van der Waals surface area contributed by atoms with Crippen molar-refractivity contribution in [2.45, 2.75) is 6.92 Å². The molecule has 1 N–H and O–H groups in total. The third-order valence-electron chi connectivity index (χ3n) is 2.41. The maximum atomic E-state index is 12.0. The van der Waals surface area contributed by atoms with E-state index in [1.807, 2.05) is 12.1 Å². The molecular formula is C13H10ClIN2O. The molecule has 0 aliphatic rings. The lowest BCUT2D eigenvalue weighted by molar-refractivity contribution is 0.102. The van der Waals surface area contributed by atoms with E-state index >= 15 is 0 Å². The SMILES string of the molecule is Cc1nc(Cl)ccc1NC(=O)c1ccc(I)cc1. The summed E-state index contributed by atoms with van der Waals surface area (Å²) in [6, 6.07) is 10.8. The topological polar surface area (TPSA) is 42.0 Å². The molecular weight excluding hydrogens is 363 g/mol. The van der Waals surface area contributed by atoms with Crippen LogP contribution in [0, 0.1) is 10.5 Å². The Labute approximate surface area is 124 Å². The number of aryl methyl sites for hydroxylation is 1. The molecule has 0 aliphatic heterocycles. The van der Waals surface area contributed by atoms with E-state index < -0.39 is 0 Å². The van der Waals surface area contributed by atoms with Crippen molar-refractivity contribution in [1.29, 1.82) is 0 Å². The Morgan fingerprint density at radius 3 is 2.50 bits per heavy atom. The number of nitrogens with one attached hydrogen (secondary N) is 1. The second-order valence-electron chi connectivity index (χ2n) is 3.73. The number of nitrogens with zero attached hydrogens (tertiary/aromatic N) is 1. The van der Waals surface area contributed by atoms with Gasteiger partial charge in [0.05, 0.1) is 11.4 Å². The number of aromatic nitrogens is 1. The number of benzene rings is 1. The summed E-state index contributed by atoms with van der Waals surface area (Å²) in [4.78, 5) is 16.1. The van der Waals surface area contributed by atoms with Crippen molar-refractivity contribution in [2.75, 3.05) is 5.32 Å². The number of amides is 1. The zero-order valence-corrected chi connectivity index (χ0v) is 12.5. The van der Waals surface area contributed by atoms with Gasteiger partial charge in [-0.25, -0.2) is 4.98 Å². The molecule has 1 aromatic heterocycles. The molecule has 18 heavy (non-hydrogen) atoms. The number of halogens is 2. The summed E-state index contributed by atoms with van der Waals surface area (Å²) < 4.78 is 1.09. The number of carbonyl (C=O) groups is 1. The molecule has 1 aromatic carbocycles. The van der Waals surface area contributed by atoms with Crippen molar-refractivity contribution in [3.8, 4) is 0 Å². The molecule has 2 rings (SSSR count). The Kier molecular flexibility index (Phi) is 4.19. The largest absolute Gasteiger partial charge is 0.320 e. The van der Waals surface area contributed by atoms with Gasteiger partial charge in [0.25, 0.3) is 5.91 Å². The van der Waals surface area contributed by atoms with Crippen molar-refractivity contribution in [1.82, 2.24) is 4.98 Å².